The molecule has 0 saturated carbocycles. The summed E-state index contributed by atoms with van der Waals surface area (Å²) in [4.78, 5) is 24.0. The molecule has 3 N–H and O–H groups in total. The van der Waals surface area contributed by atoms with Crippen molar-refractivity contribution in [2.75, 3.05) is 6.61 Å². The van der Waals surface area contributed by atoms with E-state index < -0.39 is 22.6 Å². The van der Waals surface area contributed by atoms with Crippen molar-refractivity contribution >= 4 is 29.1 Å². The van der Waals surface area contributed by atoms with Crippen LogP contribution >= 0.6 is 12.2 Å². The average Bonchev–Trinajstić information content (AvgIpc) is 2.08. The van der Waals surface area contributed by atoms with E-state index in [0.29, 0.717) is 0 Å². The van der Waals surface area contributed by atoms with Gasteiger partial charge in [-0.2, -0.15) is 0 Å². The largest absolute Gasteiger partial charge is 0.396 e. The summed E-state index contributed by atoms with van der Waals surface area (Å²) < 4.78 is 0. The molecule has 0 aromatic rings. The fraction of sp³-hybridized carbons (Fsp3) is 0.700. The second-order valence-corrected chi connectivity index (χ2v) is 5.27. The van der Waals surface area contributed by atoms with Crippen molar-refractivity contribution in [2.24, 2.45) is 10.8 Å². The Morgan fingerprint density at radius 1 is 1.25 bits per heavy atom. The molecular weight excluding hydrogens is 228 g/mol. The fourth-order valence-corrected chi connectivity index (χ4v) is 2.19. The third-order valence-corrected chi connectivity index (χ3v) is 3.20. The average molecular weight is 244 g/mol. The number of aliphatic hydroxyl groups is 1. The lowest BCUT2D eigenvalue weighted by molar-refractivity contribution is -0.153. The zero-order valence-electron chi connectivity index (χ0n) is 9.59. The van der Waals surface area contributed by atoms with Crippen LogP contribution in [0.4, 0.5) is 0 Å². The number of nitrogens with one attached hydrogen (secondary N) is 2. The summed E-state index contributed by atoms with van der Waals surface area (Å²) in [5, 5.41) is 14.0. The van der Waals surface area contributed by atoms with E-state index in [4.69, 9.17) is 17.3 Å². The van der Waals surface area contributed by atoms with Crippen molar-refractivity contribution in [3.63, 3.8) is 0 Å². The topological polar surface area (TPSA) is 78.4 Å². The first kappa shape index (κ1) is 13.1. The summed E-state index contributed by atoms with van der Waals surface area (Å²) in [6, 6.07) is 0. The van der Waals surface area contributed by atoms with Gasteiger partial charge in [0.05, 0.1) is 0 Å². The summed E-state index contributed by atoms with van der Waals surface area (Å²) in [5.74, 6) is -0.884. The van der Waals surface area contributed by atoms with E-state index in [1.165, 1.54) is 0 Å². The minimum Gasteiger partial charge on any atom is -0.396 e. The van der Waals surface area contributed by atoms with Gasteiger partial charge in [-0.15, -0.1) is 0 Å². The summed E-state index contributed by atoms with van der Waals surface area (Å²) >= 11 is 4.74. The van der Waals surface area contributed by atoms with Gasteiger partial charge in [-0.05, 0) is 24.1 Å². The Bertz CT molecular complexity index is 326. The van der Waals surface area contributed by atoms with Crippen molar-refractivity contribution in [3.8, 4) is 0 Å². The van der Waals surface area contributed by atoms with Gasteiger partial charge in [0.1, 0.15) is 5.41 Å². The highest BCUT2D eigenvalue weighted by Crippen LogP contribution is 2.43. The monoisotopic (exact) mass is 244 g/mol. The van der Waals surface area contributed by atoms with Crippen LogP contribution < -0.4 is 10.6 Å². The van der Waals surface area contributed by atoms with Crippen LogP contribution in [0.5, 0.6) is 0 Å². The molecule has 2 amide bonds. The molecule has 16 heavy (non-hydrogen) atoms. The minimum absolute atomic E-state index is 0.0211. The summed E-state index contributed by atoms with van der Waals surface area (Å²) in [5.41, 5.74) is -1.87. The molecule has 90 valence electrons. The Hall–Kier alpha value is -1.01. The Morgan fingerprint density at radius 2 is 1.69 bits per heavy atom. The predicted molar refractivity (Wildman–Crippen MR) is 62.5 cm³/mol. The normalized spacial score (nSPS) is 20.4. The molecule has 1 saturated heterocycles. The molecule has 0 aliphatic carbocycles. The minimum atomic E-state index is -1.27. The van der Waals surface area contributed by atoms with Crippen LogP contribution in [0.1, 0.15) is 27.2 Å². The number of hydrogen-bond donors (Lipinski definition) is 3. The number of carbonyl (C=O) groups is 2. The van der Waals surface area contributed by atoms with Crippen molar-refractivity contribution < 1.29 is 14.7 Å². The van der Waals surface area contributed by atoms with Crippen molar-refractivity contribution in [1.82, 2.24) is 10.6 Å². The summed E-state index contributed by atoms with van der Waals surface area (Å²) in [7, 11) is 0. The van der Waals surface area contributed by atoms with Gasteiger partial charge < -0.3 is 15.7 Å². The molecular formula is C10H16N2O3S. The van der Waals surface area contributed by atoms with Gasteiger partial charge >= 0.3 is 0 Å². The molecule has 0 aromatic heterocycles. The molecule has 0 aromatic carbocycles. The summed E-state index contributed by atoms with van der Waals surface area (Å²) in [6.07, 6.45) is 0.0801. The van der Waals surface area contributed by atoms with Crippen LogP contribution in [-0.4, -0.2) is 28.6 Å². The maximum atomic E-state index is 12.0. The SMILES string of the molecule is CC(C)(C)C1(CCO)C(=O)NC(=S)NC1=O. The number of thiocarbonyl (C=S) groups is 1. The zero-order chi connectivity index (χ0) is 12.6. The van der Waals surface area contributed by atoms with Crippen LogP contribution in [-0.2, 0) is 9.59 Å². The van der Waals surface area contributed by atoms with E-state index in [0.717, 1.165) is 0 Å². The third-order valence-electron chi connectivity index (χ3n) is 3.00. The van der Waals surface area contributed by atoms with E-state index in [2.05, 4.69) is 10.6 Å². The quantitative estimate of drug-likeness (QED) is 0.469. The first-order valence-corrected chi connectivity index (χ1v) is 5.44. The van der Waals surface area contributed by atoms with Gasteiger partial charge in [-0.3, -0.25) is 9.59 Å². The van der Waals surface area contributed by atoms with Gasteiger partial charge in [0, 0.05) is 6.61 Å². The lowest BCUT2D eigenvalue weighted by atomic mass is 9.63. The fourth-order valence-electron chi connectivity index (χ4n) is 2.00. The highest BCUT2D eigenvalue weighted by molar-refractivity contribution is 7.80. The van der Waals surface area contributed by atoms with Crippen LogP contribution in [0, 0.1) is 10.8 Å². The van der Waals surface area contributed by atoms with Gasteiger partial charge in [0.15, 0.2) is 5.11 Å². The molecule has 5 nitrogen and oxygen atoms in total. The first-order valence-electron chi connectivity index (χ1n) is 5.03. The van der Waals surface area contributed by atoms with Crippen LogP contribution in [0.15, 0.2) is 0 Å². The third kappa shape index (κ3) is 1.82. The number of aliphatic hydroxyl groups excluding tert-OH is 1. The first-order chi connectivity index (χ1) is 7.25. The van der Waals surface area contributed by atoms with Gasteiger partial charge in [0.25, 0.3) is 0 Å². The number of rotatable bonds is 2. The molecule has 0 radical (unpaired) electrons. The second-order valence-electron chi connectivity index (χ2n) is 4.87. The van der Waals surface area contributed by atoms with E-state index in [9.17, 15) is 9.59 Å². The maximum Gasteiger partial charge on any atom is 0.242 e. The van der Waals surface area contributed by atoms with Crippen molar-refractivity contribution in [3.05, 3.63) is 0 Å². The highest BCUT2D eigenvalue weighted by Gasteiger charge is 2.56. The van der Waals surface area contributed by atoms with E-state index >= 15 is 0 Å². The van der Waals surface area contributed by atoms with Crippen LogP contribution in [0.25, 0.3) is 0 Å². The van der Waals surface area contributed by atoms with Gasteiger partial charge in [0.2, 0.25) is 11.8 Å². The van der Waals surface area contributed by atoms with Crippen molar-refractivity contribution in [2.45, 2.75) is 27.2 Å². The highest BCUT2D eigenvalue weighted by atomic mass is 32.1. The predicted octanol–water partition coefficient (Wildman–Crippen LogP) is -0.0678. The lowest BCUT2D eigenvalue weighted by Crippen LogP contribution is -2.66. The molecule has 0 unspecified atom stereocenters. The van der Waals surface area contributed by atoms with E-state index in [-0.39, 0.29) is 18.1 Å². The molecule has 0 atom stereocenters. The van der Waals surface area contributed by atoms with E-state index in [1.54, 1.807) is 20.8 Å². The lowest BCUT2D eigenvalue weighted by Gasteiger charge is -2.43. The summed E-state index contributed by atoms with van der Waals surface area (Å²) in [6.45, 7) is 5.13. The molecule has 1 aliphatic rings. The Labute approximate surface area is 99.6 Å². The molecule has 0 bridgehead atoms. The number of amides is 2. The Kier molecular flexibility index (Phi) is 3.35. The second kappa shape index (κ2) is 4.10. The molecule has 1 heterocycles. The standard InChI is InChI=1S/C10H16N2O3S/c1-9(2,3)10(4-5-13)6(14)11-8(16)12-7(10)15/h13H,4-5H2,1-3H3,(H2,11,12,14,15,16). The molecule has 1 rings (SSSR count). The van der Waals surface area contributed by atoms with Crippen molar-refractivity contribution in [1.29, 1.82) is 0 Å². The molecule has 6 heteroatoms. The van der Waals surface area contributed by atoms with Crippen LogP contribution in [0.2, 0.25) is 0 Å². The van der Waals surface area contributed by atoms with Gasteiger partial charge in [-0.1, -0.05) is 20.8 Å². The van der Waals surface area contributed by atoms with Gasteiger partial charge in [-0.25, -0.2) is 0 Å². The number of hydrogen-bond acceptors (Lipinski definition) is 4. The Balaban J connectivity index is 3.23. The maximum absolute atomic E-state index is 12.0. The molecule has 0 spiro atoms. The number of carbonyl (C=O) groups excluding carboxylic acids is 2. The molecule has 1 fully saturated rings. The zero-order valence-corrected chi connectivity index (χ0v) is 10.4. The van der Waals surface area contributed by atoms with Crippen LogP contribution in [0.3, 0.4) is 0 Å². The Morgan fingerprint density at radius 3 is 2.00 bits per heavy atom. The van der Waals surface area contributed by atoms with E-state index in [1.807, 2.05) is 0 Å². The molecule has 1 aliphatic heterocycles. The smallest absolute Gasteiger partial charge is 0.242 e.